The molecule has 0 atom stereocenters. The number of carbonyl (C=O) groups is 1. The zero-order valence-electron chi connectivity index (χ0n) is 12.4. The van der Waals surface area contributed by atoms with Crippen LogP contribution in [0.2, 0.25) is 5.02 Å². The lowest BCUT2D eigenvalue weighted by atomic mass is 10.1. The number of amides is 2. The Bertz CT molecular complexity index is 745. The first-order chi connectivity index (χ1) is 10.7. The molecule has 0 spiro atoms. The van der Waals surface area contributed by atoms with Gasteiger partial charge in [-0.3, -0.25) is 0 Å². The van der Waals surface area contributed by atoms with Crippen molar-refractivity contribution in [2.75, 3.05) is 10.6 Å². The molecular formula is C16H14ClF3N2O. The molecule has 2 N–H and O–H groups in total. The highest BCUT2D eigenvalue weighted by Gasteiger charge is 2.33. The van der Waals surface area contributed by atoms with E-state index in [1.165, 1.54) is 6.07 Å². The molecule has 0 unspecified atom stereocenters. The smallest absolute Gasteiger partial charge is 0.308 e. The van der Waals surface area contributed by atoms with Crippen molar-refractivity contribution in [1.29, 1.82) is 0 Å². The molecule has 0 heterocycles. The molecule has 0 fully saturated rings. The molecule has 3 nitrogen and oxygen atoms in total. The van der Waals surface area contributed by atoms with Gasteiger partial charge in [-0.15, -0.1) is 0 Å². The van der Waals surface area contributed by atoms with Gasteiger partial charge in [0, 0.05) is 11.4 Å². The summed E-state index contributed by atoms with van der Waals surface area (Å²) in [5, 5.41) is 4.54. The van der Waals surface area contributed by atoms with Gasteiger partial charge >= 0.3 is 12.2 Å². The van der Waals surface area contributed by atoms with Gasteiger partial charge in [-0.25, -0.2) is 4.79 Å². The molecule has 0 radical (unpaired) electrons. The van der Waals surface area contributed by atoms with Crippen LogP contribution < -0.4 is 10.6 Å². The van der Waals surface area contributed by atoms with Crippen LogP contribution in [-0.2, 0) is 6.18 Å². The summed E-state index contributed by atoms with van der Waals surface area (Å²) >= 11 is 5.53. The predicted octanol–water partition coefficient (Wildman–Crippen LogP) is 5.62. The van der Waals surface area contributed by atoms with Gasteiger partial charge in [-0.05, 0) is 43.7 Å². The fourth-order valence-corrected chi connectivity index (χ4v) is 2.28. The summed E-state index contributed by atoms with van der Waals surface area (Å²) in [5.74, 6) is 0. The first-order valence-electron chi connectivity index (χ1n) is 6.69. The minimum atomic E-state index is -4.58. The highest BCUT2D eigenvalue weighted by molar-refractivity contribution is 6.31. The van der Waals surface area contributed by atoms with Gasteiger partial charge in [0.1, 0.15) is 0 Å². The Labute approximate surface area is 136 Å². The molecule has 0 bridgehead atoms. The number of hydrogen-bond acceptors (Lipinski definition) is 1. The molecule has 2 aromatic rings. The lowest BCUT2D eigenvalue weighted by molar-refractivity contribution is -0.137. The van der Waals surface area contributed by atoms with Gasteiger partial charge < -0.3 is 10.6 Å². The molecule has 0 aromatic heterocycles. The largest absolute Gasteiger partial charge is 0.417 e. The van der Waals surface area contributed by atoms with Gasteiger partial charge in [-0.1, -0.05) is 29.3 Å². The Hall–Kier alpha value is -2.21. The van der Waals surface area contributed by atoms with Crippen LogP contribution in [0.5, 0.6) is 0 Å². The van der Waals surface area contributed by atoms with Gasteiger partial charge in [0.05, 0.1) is 10.6 Å². The van der Waals surface area contributed by atoms with Crippen molar-refractivity contribution in [2.24, 2.45) is 0 Å². The molecule has 0 aliphatic carbocycles. The van der Waals surface area contributed by atoms with Gasteiger partial charge in [0.2, 0.25) is 0 Å². The van der Waals surface area contributed by atoms with Crippen LogP contribution in [0.25, 0.3) is 0 Å². The Balaban J connectivity index is 2.14. The minimum absolute atomic E-state index is 0.00369. The minimum Gasteiger partial charge on any atom is -0.308 e. The van der Waals surface area contributed by atoms with E-state index < -0.39 is 22.8 Å². The first-order valence-corrected chi connectivity index (χ1v) is 7.06. The van der Waals surface area contributed by atoms with E-state index in [0.29, 0.717) is 5.69 Å². The third-order valence-corrected chi connectivity index (χ3v) is 3.49. The lowest BCUT2D eigenvalue weighted by Crippen LogP contribution is -2.20. The van der Waals surface area contributed by atoms with Gasteiger partial charge in [-0.2, -0.15) is 13.2 Å². The molecular weight excluding hydrogens is 329 g/mol. The first kappa shape index (κ1) is 17.1. The van der Waals surface area contributed by atoms with E-state index in [0.717, 1.165) is 23.3 Å². The summed E-state index contributed by atoms with van der Waals surface area (Å²) < 4.78 is 38.4. The second kappa shape index (κ2) is 6.50. The van der Waals surface area contributed by atoms with E-state index in [2.05, 4.69) is 10.6 Å². The van der Waals surface area contributed by atoms with Crippen LogP contribution in [0.1, 0.15) is 16.7 Å². The average Bonchev–Trinajstić information content (AvgIpc) is 2.43. The number of alkyl halides is 3. The van der Waals surface area contributed by atoms with E-state index in [-0.39, 0.29) is 5.69 Å². The quantitative estimate of drug-likeness (QED) is 0.730. The molecule has 2 aromatic carbocycles. The standard InChI is InChI=1S/C16H14ClF3N2O/c1-9-3-6-14(10(2)7-9)22-15(23)21-11-4-5-13(17)12(8-11)16(18,19)20/h3-8H,1-2H3,(H2,21,22,23). The zero-order chi connectivity index (χ0) is 17.2. The number of nitrogens with one attached hydrogen (secondary N) is 2. The van der Waals surface area contributed by atoms with Crippen molar-refractivity contribution < 1.29 is 18.0 Å². The van der Waals surface area contributed by atoms with Gasteiger partial charge in [0.25, 0.3) is 0 Å². The second-order valence-electron chi connectivity index (χ2n) is 5.09. The van der Waals surface area contributed by atoms with E-state index in [1.54, 1.807) is 6.07 Å². The normalized spacial score (nSPS) is 11.2. The number of anilines is 2. The van der Waals surface area contributed by atoms with E-state index in [1.807, 2.05) is 26.0 Å². The molecule has 0 aliphatic heterocycles. The number of benzene rings is 2. The number of urea groups is 1. The summed E-state index contributed by atoms with van der Waals surface area (Å²) in [6.07, 6.45) is -4.58. The summed E-state index contributed by atoms with van der Waals surface area (Å²) in [6, 6.07) is 8.01. The van der Waals surface area contributed by atoms with Crippen LogP contribution >= 0.6 is 11.6 Å². The second-order valence-corrected chi connectivity index (χ2v) is 5.50. The topological polar surface area (TPSA) is 41.1 Å². The van der Waals surface area contributed by atoms with Crippen LogP contribution in [-0.4, -0.2) is 6.03 Å². The molecule has 122 valence electrons. The lowest BCUT2D eigenvalue weighted by Gasteiger charge is -2.13. The van der Waals surface area contributed by atoms with Crippen LogP contribution in [0.15, 0.2) is 36.4 Å². The third kappa shape index (κ3) is 4.39. The van der Waals surface area contributed by atoms with E-state index in [4.69, 9.17) is 11.6 Å². The molecule has 0 aliphatic rings. The maximum atomic E-state index is 12.8. The van der Waals surface area contributed by atoms with Crippen molar-refractivity contribution in [1.82, 2.24) is 0 Å². The Morgan fingerprint density at radius 3 is 2.35 bits per heavy atom. The number of rotatable bonds is 2. The van der Waals surface area contributed by atoms with Crippen molar-refractivity contribution >= 4 is 29.0 Å². The maximum absolute atomic E-state index is 12.8. The predicted molar refractivity (Wildman–Crippen MR) is 85.0 cm³/mol. The summed E-state index contributed by atoms with van der Waals surface area (Å²) in [7, 11) is 0. The maximum Gasteiger partial charge on any atom is 0.417 e. The molecule has 0 saturated carbocycles. The van der Waals surface area contributed by atoms with Gasteiger partial charge in [0.15, 0.2) is 0 Å². The van der Waals surface area contributed by atoms with Crippen molar-refractivity contribution in [3.8, 4) is 0 Å². The van der Waals surface area contributed by atoms with Crippen molar-refractivity contribution in [3.05, 3.63) is 58.1 Å². The monoisotopic (exact) mass is 342 g/mol. The molecule has 2 amide bonds. The number of aryl methyl sites for hydroxylation is 2. The fraction of sp³-hybridized carbons (Fsp3) is 0.188. The summed E-state index contributed by atoms with van der Waals surface area (Å²) in [5.41, 5.74) is 1.48. The van der Waals surface area contributed by atoms with E-state index >= 15 is 0 Å². The fourth-order valence-electron chi connectivity index (χ4n) is 2.06. The Morgan fingerprint density at radius 1 is 1.04 bits per heavy atom. The number of halogens is 4. The van der Waals surface area contributed by atoms with Crippen LogP contribution in [0, 0.1) is 13.8 Å². The number of carbonyl (C=O) groups excluding carboxylic acids is 1. The van der Waals surface area contributed by atoms with Crippen LogP contribution in [0.3, 0.4) is 0 Å². The summed E-state index contributed by atoms with van der Waals surface area (Å²) in [6.45, 7) is 3.75. The Morgan fingerprint density at radius 2 is 1.74 bits per heavy atom. The highest BCUT2D eigenvalue weighted by atomic mass is 35.5. The molecule has 23 heavy (non-hydrogen) atoms. The molecule has 2 rings (SSSR count). The summed E-state index contributed by atoms with van der Waals surface area (Å²) in [4.78, 5) is 11.9. The zero-order valence-corrected chi connectivity index (χ0v) is 13.1. The Kier molecular flexibility index (Phi) is 4.85. The number of hydrogen-bond donors (Lipinski definition) is 2. The highest BCUT2D eigenvalue weighted by Crippen LogP contribution is 2.36. The van der Waals surface area contributed by atoms with E-state index in [9.17, 15) is 18.0 Å². The SMILES string of the molecule is Cc1ccc(NC(=O)Nc2ccc(Cl)c(C(F)(F)F)c2)c(C)c1. The van der Waals surface area contributed by atoms with Crippen LogP contribution in [0.4, 0.5) is 29.3 Å². The molecule has 7 heteroatoms. The molecule has 0 saturated heterocycles. The average molecular weight is 343 g/mol. The van der Waals surface area contributed by atoms with Crippen molar-refractivity contribution in [2.45, 2.75) is 20.0 Å². The van der Waals surface area contributed by atoms with Crippen molar-refractivity contribution in [3.63, 3.8) is 0 Å². The third-order valence-electron chi connectivity index (χ3n) is 3.16.